The van der Waals surface area contributed by atoms with Gasteiger partial charge in [-0.2, -0.15) is 13.2 Å². The highest BCUT2D eigenvalue weighted by atomic mass is 32.2. The van der Waals surface area contributed by atoms with Gasteiger partial charge in [0.05, 0.1) is 11.5 Å². The van der Waals surface area contributed by atoms with Crippen molar-refractivity contribution in [1.82, 2.24) is 0 Å². The fourth-order valence-corrected chi connectivity index (χ4v) is 2.86. The van der Waals surface area contributed by atoms with Crippen molar-refractivity contribution in [1.29, 1.82) is 0 Å². The highest BCUT2D eigenvalue weighted by Gasteiger charge is 2.37. The Morgan fingerprint density at radius 3 is 2.24 bits per heavy atom. The molecule has 1 aliphatic heterocycles. The number of halogens is 3. The molecule has 21 heavy (non-hydrogen) atoms. The summed E-state index contributed by atoms with van der Waals surface area (Å²) in [5.74, 6) is -0.357. The van der Waals surface area contributed by atoms with Crippen molar-refractivity contribution in [2.24, 2.45) is 0 Å². The van der Waals surface area contributed by atoms with E-state index in [9.17, 15) is 13.2 Å². The van der Waals surface area contributed by atoms with Gasteiger partial charge in [-0.3, -0.25) is 0 Å². The Morgan fingerprint density at radius 2 is 1.71 bits per heavy atom. The number of ether oxygens (including phenoxy) is 1. The SMILES string of the molecule is CC.COCC1=CC(c2ccccc2)C=C(C(F)(F)F)S1. The van der Waals surface area contributed by atoms with Crippen molar-refractivity contribution in [3.05, 3.63) is 57.9 Å². The van der Waals surface area contributed by atoms with Crippen LogP contribution < -0.4 is 0 Å². The summed E-state index contributed by atoms with van der Waals surface area (Å²) < 4.78 is 43.6. The molecule has 1 heterocycles. The van der Waals surface area contributed by atoms with Crippen LogP contribution in [0.3, 0.4) is 0 Å². The summed E-state index contributed by atoms with van der Waals surface area (Å²) in [5.41, 5.74) is 0.846. The second kappa shape index (κ2) is 8.29. The van der Waals surface area contributed by atoms with Crippen molar-refractivity contribution < 1.29 is 17.9 Å². The number of methoxy groups -OCH3 is 1. The minimum Gasteiger partial charge on any atom is -0.379 e. The van der Waals surface area contributed by atoms with Crippen LogP contribution in [0.15, 0.2) is 52.3 Å². The number of hydrogen-bond donors (Lipinski definition) is 0. The molecular weight excluding hydrogens is 297 g/mol. The molecule has 1 atom stereocenters. The van der Waals surface area contributed by atoms with Gasteiger partial charge in [0.1, 0.15) is 0 Å². The maximum atomic E-state index is 12.9. The minimum absolute atomic E-state index is 0.196. The Labute approximate surface area is 127 Å². The average molecular weight is 316 g/mol. The van der Waals surface area contributed by atoms with E-state index in [0.29, 0.717) is 4.91 Å². The van der Waals surface area contributed by atoms with Gasteiger partial charge in [0.25, 0.3) is 0 Å². The minimum atomic E-state index is -4.31. The lowest BCUT2D eigenvalue weighted by Crippen LogP contribution is -2.14. The third-order valence-corrected chi connectivity index (χ3v) is 3.79. The number of thioether (sulfide) groups is 1. The van der Waals surface area contributed by atoms with Crippen LogP contribution in [0.25, 0.3) is 0 Å². The fraction of sp³-hybridized carbons (Fsp3) is 0.375. The maximum absolute atomic E-state index is 12.9. The highest BCUT2D eigenvalue weighted by molar-refractivity contribution is 8.06. The molecule has 0 aliphatic carbocycles. The van der Waals surface area contributed by atoms with Gasteiger partial charge >= 0.3 is 6.18 Å². The van der Waals surface area contributed by atoms with Crippen molar-refractivity contribution in [3.8, 4) is 0 Å². The van der Waals surface area contributed by atoms with Crippen molar-refractivity contribution in [2.45, 2.75) is 25.9 Å². The summed E-state index contributed by atoms with van der Waals surface area (Å²) in [6.45, 7) is 4.20. The van der Waals surface area contributed by atoms with Gasteiger partial charge in [0.2, 0.25) is 0 Å². The van der Waals surface area contributed by atoms with Crippen LogP contribution in [0.1, 0.15) is 25.3 Å². The van der Waals surface area contributed by atoms with Crippen LogP contribution in [-0.2, 0) is 4.74 Å². The molecule has 5 heteroatoms. The molecule has 0 bridgehead atoms. The Bertz CT molecular complexity index is 492. The molecule has 0 fully saturated rings. The van der Waals surface area contributed by atoms with Gasteiger partial charge in [0, 0.05) is 17.9 Å². The van der Waals surface area contributed by atoms with Crippen molar-refractivity contribution >= 4 is 11.8 Å². The van der Waals surface area contributed by atoms with Crippen LogP contribution in [0.4, 0.5) is 13.2 Å². The molecule has 1 aromatic rings. The smallest absolute Gasteiger partial charge is 0.379 e. The summed E-state index contributed by atoms with van der Waals surface area (Å²) in [6.07, 6.45) is -1.23. The molecule has 1 aromatic carbocycles. The lowest BCUT2D eigenvalue weighted by molar-refractivity contribution is -0.0839. The van der Waals surface area contributed by atoms with Gasteiger partial charge in [-0.15, -0.1) is 0 Å². The van der Waals surface area contributed by atoms with Crippen molar-refractivity contribution in [2.75, 3.05) is 13.7 Å². The fourth-order valence-electron chi connectivity index (χ4n) is 1.86. The zero-order valence-corrected chi connectivity index (χ0v) is 13.1. The Balaban J connectivity index is 0.00000106. The van der Waals surface area contributed by atoms with Crippen LogP contribution >= 0.6 is 11.8 Å². The first-order valence-electron chi connectivity index (χ1n) is 6.72. The van der Waals surface area contributed by atoms with E-state index in [0.717, 1.165) is 17.3 Å². The molecule has 1 unspecified atom stereocenters. The zero-order valence-electron chi connectivity index (χ0n) is 12.3. The lowest BCUT2D eigenvalue weighted by Gasteiger charge is -2.22. The Morgan fingerprint density at radius 1 is 1.10 bits per heavy atom. The first-order valence-corrected chi connectivity index (χ1v) is 7.54. The van der Waals surface area contributed by atoms with Gasteiger partial charge in [-0.05, 0) is 5.56 Å². The molecular formula is C16H19F3OS. The predicted octanol–water partition coefficient (Wildman–Crippen LogP) is 5.52. The van der Waals surface area contributed by atoms with Gasteiger partial charge < -0.3 is 4.74 Å². The van der Waals surface area contributed by atoms with Crippen LogP contribution in [0.5, 0.6) is 0 Å². The number of hydrogen-bond acceptors (Lipinski definition) is 2. The normalized spacial score (nSPS) is 18.3. The predicted molar refractivity (Wildman–Crippen MR) is 82.2 cm³/mol. The van der Waals surface area contributed by atoms with E-state index >= 15 is 0 Å². The number of allylic oxidation sites excluding steroid dienone is 3. The maximum Gasteiger partial charge on any atom is 0.422 e. The largest absolute Gasteiger partial charge is 0.422 e. The second-order valence-corrected chi connectivity index (χ2v) is 5.30. The quantitative estimate of drug-likeness (QED) is 0.726. The van der Waals surface area contributed by atoms with Gasteiger partial charge in [-0.25, -0.2) is 0 Å². The van der Waals surface area contributed by atoms with E-state index in [-0.39, 0.29) is 12.5 Å². The second-order valence-electron chi connectivity index (χ2n) is 4.13. The third-order valence-electron chi connectivity index (χ3n) is 2.69. The topological polar surface area (TPSA) is 9.23 Å². The molecule has 0 aromatic heterocycles. The molecule has 1 nitrogen and oxygen atoms in total. The summed E-state index contributed by atoms with van der Waals surface area (Å²) >= 11 is 0.734. The molecule has 0 radical (unpaired) electrons. The van der Waals surface area contributed by atoms with Crippen LogP contribution in [0.2, 0.25) is 0 Å². The van der Waals surface area contributed by atoms with E-state index in [1.807, 2.05) is 50.3 Å². The molecule has 0 N–H and O–H groups in total. The standard InChI is InChI=1S/C14H13F3OS.C2H6/c1-18-9-12-7-11(10-5-3-2-4-6-10)8-13(19-12)14(15,16)17;1-2/h2-8,11H,9H2,1H3;1-2H3. The van der Waals surface area contributed by atoms with E-state index in [2.05, 4.69) is 0 Å². The number of benzene rings is 1. The molecule has 0 amide bonds. The van der Waals surface area contributed by atoms with Crippen LogP contribution in [0, 0.1) is 0 Å². The summed E-state index contributed by atoms with van der Waals surface area (Å²) in [5, 5.41) is 0. The molecule has 0 saturated heterocycles. The van der Waals surface area contributed by atoms with Gasteiger partial charge in [0.15, 0.2) is 0 Å². The number of rotatable bonds is 3. The first-order chi connectivity index (χ1) is 10.0. The van der Waals surface area contributed by atoms with E-state index in [1.165, 1.54) is 13.2 Å². The van der Waals surface area contributed by atoms with Crippen LogP contribution in [-0.4, -0.2) is 19.9 Å². The molecule has 2 rings (SSSR count). The monoisotopic (exact) mass is 316 g/mol. The van der Waals surface area contributed by atoms with Gasteiger partial charge in [-0.1, -0.05) is 68.1 Å². The lowest BCUT2D eigenvalue weighted by atomic mass is 9.97. The third kappa shape index (κ3) is 5.25. The summed E-state index contributed by atoms with van der Waals surface area (Å²) in [6, 6.07) is 9.14. The summed E-state index contributed by atoms with van der Waals surface area (Å²) in [7, 11) is 1.48. The van der Waals surface area contributed by atoms with E-state index in [1.54, 1.807) is 0 Å². The zero-order chi connectivity index (χ0) is 15.9. The average Bonchev–Trinajstić information content (AvgIpc) is 2.49. The molecule has 116 valence electrons. The first kappa shape index (κ1) is 17.9. The Hall–Kier alpha value is -1.20. The molecule has 0 spiro atoms. The van der Waals surface area contributed by atoms with E-state index in [4.69, 9.17) is 4.74 Å². The van der Waals surface area contributed by atoms with Crippen molar-refractivity contribution in [3.63, 3.8) is 0 Å². The molecule has 0 saturated carbocycles. The van der Waals surface area contributed by atoms with E-state index < -0.39 is 11.1 Å². The highest BCUT2D eigenvalue weighted by Crippen LogP contribution is 2.44. The summed E-state index contributed by atoms with van der Waals surface area (Å²) in [4.78, 5) is 0.0158. The Kier molecular flexibility index (Phi) is 7.05. The molecule has 1 aliphatic rings. The number of alkyl halides is 3.